The van der Waals surface area contributed by atoms with Gasteiger partial charge in [-0.1, -0.05) is 29.5 Å². The molecule has 0 saturated heterocycles. The van der Waals surface area contributed by atoms with Crippen molar-refractivity contribution < 1.29 is 19.1 Å². The lowest BCUT2D eigenvalue weighted by Gasteiger charge is -2.05. The van der Waals surface area contributed by atoms with E-state index in [2.05, 4.69) is 10.1 Å². The summed E-state index contributed by atoms with van der Waals surface area (Å²) < 4.78 is 14.3. The van der Waals surface area contributed by atoms with Gasteiger partial charge in [0.25, 0.3) is 5.91 Å². The maximum Gasteiger partial charge on any atom is 0.325 e. The van der Waals surface area contributed by atoms with E-state index in [1.807, 2.05) is 49.4 Å². The van der Waals surface area contributed by atoms with E-state index >= 15 is 0 Å². The number of methoxy groups -OCH3 is 2. The Balaban J connectivity index is 1.80. The molecule has 9 heteroatoms. The summed E-state index contributed by atoms with van der Waals surface area (Å²) in [5.41, 5.74) is 2.69. The molecule has 0 atom stereocenters. The Morgan fingerprint density at radius 1 is 1.13 bits per heavy atom. The quantitative estimate of drug-likeness (QED) is 0.449. The van der Waals surface area contributed by atoms with E-state index in [-0.39, 0.29) is 6.54 Å². The van der Waals surface area contributed by atoms with Gasteiger partial charge in [-0.3, -0.25) is 9.59 Å². The minimum absolute atomic E-state index is 0.0583. The van der Waals surface area contributed by atoms with E-state index in [1.165, 1.54) is 24.6 Å². The molecule has 4 rings (SSSR count). The summed E-state index contributed by atoms with van der Waals surface area (Å²) in [6.45, 7) is 1.76. The normalized spacial score (nSPS) is 11.6. The van der Waals surface area contributed by atoms with Gasteiger partial charge in [0, 0.05) is 0 Å². The van der Waals surface area contributed by atoms with E-state index in [1.54, 1.807) is 22.4 Å². The molecule has 1 amide bonds. The van der Waals surface area contributed by atoms with Crippen molar-refractivity contribution in [1.29, 1.82) is 0 Å². The first kappa shape index (κ1) is 20.5. The van der Waals surface area contributed by atoms with Gasteiger partial charge in [0.1, 0.15) is 12.3 Å². The molecule has 0 unspecified atom stereocenters. The van der Waals surface area contributed by atoms with E-state index in [0.717, 1.165) is 15.9 Å². The van der Waals surface area contributed by atoms with Crippen LogP contribution in [-0.2, 0) is 16.1 Å². The summed E-state index contributed by atoms with van der Waals surface area (Å²) in [4.78, 5) is 29.7. The summed E-state index contributed by atoms with van der Waals surface area (Å²) in [7, 11) is 2.91. The molecule has 0 N–H and O–H groups in total. The minimum Gasteiger partial charge on any atom is -0.497 e. The monoisotopic (exact) mass is 436 g/mol. The number of hydrogen-bond donors (Lipinski definition) is 0. The first-order chi connectivity index (χ1) is 15.0. The standard InChI is InChI=1S/C22H20N4O4S/c1-14-17(12-23-26(14)15-7-5-4-6-8-15)21(28)24-22-25(13-20(27)30-3)18-10-9-16(29-2)11-19(18)31-22/h4-12H,13H2,1-3H3. The van der Waals surface area contributed by atoms with Crippen molar-refractivity contribution in [1.82, 2.24) is 14.3 Å². The second-order valence-corrected chi connectivity index (χ2v) is 7.70. The van der Waals surface area contributed by atoms with Gasteiger partial charge in [-0.2, -0.15) is 10.1 Å². The Kier molecular flexibility index (Phi) is 5.68. The largest absolute Gasteiger partial charge is 0.497 e. The molecular weight excluding hydrogens is 416 g/mol. The van der Waals surface area contributed by atoms with Crippen LogP contribution in [0.1, 0.15) is 16.1 Å². The van der Waals surface area contributed by atoms with Gasteiger partial charge in [0.05, 0.1) is 47.6 Å². The van der Waals surface area contributed by atoms with Gasteiger partial charge in [-0.15, -0.1) is 0 Å². The number of hydrogen-bond acceptors (Lipinski definition) is 6. The first-order valence-electron chi connectivity index (χ1n) is 9.45. The second-order valence-electron chi connectivity index (χ2n) is 6.69. The number of amides is 1. The molecule has 158 valence electrons. The number of esters is 1. The van der Waals surface area contributed by atoms with Crippen molar-refractivity contribution in [3.05, 3.63) is 70.8 Å². The molecule has 4 aromatic rings. The molecule has 8 nitrogen and oxygen atoms in total. The predicted molar refractivity (Wildman–Crippen MR) is 117 cm³/mol. The van der Waals surface area contributed by atoms with Crippen LogP contribution >= 0.6 is 11.3 Å². The Bertz CT molecular complexity index is 1330. The molecule has 0 spiro atoms. The van der Waals surface area contributed by atoms with Crippen molar-refractivity contribution in [3.8, 4) is 11.4 Å². The van der Waals surface area contributed by atoms with Crippen molar-refractivity contribution in [2.24, 2.45) is 4.99 Å². The van der Waals surface area contributed by atoms with Gasteiger partial charge >= 0.3 is 5.97 Å². The second kappa shape index (κ2) is 8.57. The molecular formula is C22H20N4O4S. The third-order valence-corrected chi connectivity index (χ3v) is 5.88. The Labute approximate surface area is 182 Å². The van der Waals surface area contributed by atoms with Gasteiger partial charge in [0.2, 0.25) is 0 Å². The number of thiazole rings is 1. The number of para-hydroxylation sites is 1. The van der Waals surface area contributed by atoms with Crippen molar-refractivity contribution in [2.75, 3.05) is 14.2 Å². The molecule has 0 saturated carbocycles. The summed E-state index contributed by atoms with van der Waals surface area (Å²) in [6, 6.07) is 15.0. The third-order valence-electron chi connectivity index (χ3n) is 4.84. The number of benzene rings is 2. The maximum atomic E-state index is 13.0. The van der Waals surface area contributed by atoms with E-state index in [9.17, 15) is 9.59 Å². The van der Waals surface area contributed by atoms with Crippen LogP contribution in [0.3, 0.4) is 0 Å². The van der Waals surface area contributed by atoms with Crippen LogP contribution in [0.25, 0.3) is 15.9 Å². The number of ether oxygens (including phenoxy) is 2. The SMILES string of the molecule is COC(=O)Cn1c(=NC(=O)c2cnn(-c3ccccc3)c2C)sc2cc(OC)ccc21. The van der Waals surface area contributed by atoms with Gasteiger partial charge in [-0.05, 0) is 37.3 Å². The third kappa shape index (κ3) is 3.99. The van der Waals surface area contributed by atoms with E-state index in [4.69, 9.17) is 9.47 Å². The van der Waals surface area contributed by atoms with Gasteiger partial charge < -0.3 is 14.0 Å². The predicted octanol–water partition coefficient (Wildman–Crippen LogP) is 3.12. The Morgan fingerprint density at radius 2 is 1.90 bits per heavy atom. The lowest BCUT2D eigenvalue weighted by atomic mass is 10.2. The summed E-state index contributed by atoms with van der Waals surface area (Å²) in [5, 5.41) is 4.34. The number of rotatable bonds is 5. The lowest BCUT2D eigenvalue weighted by molar-refractivity contribution is -0.141. The van der Waals surface area contributed by atoms with Crippen LogP contribution in [0.4, 0.5) is 0 Å². The topological polar surface area (TPSA) is 87.7 Å². The van der Waals surface area contributed by atoms with Gasteiger partial charge in [0.15, 0.2) is 4.80 Å². The fourth-order valence-electron chi connectivity index (χ4n) is 3.21. The molecule has 0 fully saturated rings. The average molecular weight is 436 g/mol. The van der Waals surface area contributed by atoms with Crippen molar-refractivity contribution in [2.45, 2.75) is 13.5 Å². The van der Waals surface area contributed by atoms with Crippen molar-refractivity contribution in [3.63, 3.8) is 0 Å². The highest BCUT2D eigenvalue weighted by atomic mass is 32.1. The molecule has 31 heavy (non-hydrogen) atoms. The lowest BCUT2D eigenvalue weighted by Crippen LogP contribution is -2.22. The van der Waals surface area contributed by atoms with Crippen LogP contribution in [0, 0.1) is 6.92 Å². The zero-order chi connectivity index (χ0) is 22.0. The smallest absolute Gasteiger partial charge is 0.325 e. The molecule has 2 aromatic carbocycles. The fraction of sp³-hybridized carbons (Fsp3) is 0.182. The van der Waals surface area contributed by atoms with Crippen LogP contribution in [0.2, 0.25) is 0 Å². The van der Waals surface area contributed by atoms with Crippen LogP contribution < -0.4 is 9.54 Å². The fourth-order valence-corrected chi connectivity index (χ4v) is 4.26. The molecule has 0 aliphatic heterocycles. The van der Waals surface area contributed by atoms with Crippen LogP contribution in [0.5, 0.6) is 5.75 Å². The highest BCUT2D eigenvalue weighted by Gasteiger charge is 2.17. The molecule has 0 bridgehead atoms. The Hall–Kier alpha value is -3.72. The maximum absolute atomic E-state index is 13.0. The minimum atomic E-state index is -0.434. The zero-order valence-corrected chi connectivity index (χ0v) is 18.0. The molecule has 0 radical (unpaired) electrons. The van der Waals surface area contributed by atoms with Crippen molar-refractivity contribution >= 4 is 33.4 Å². The molecule has 2 heterocycles. The number of carbonyl (C=O) groups is 2. The zero-order valence-electron chi connectivity index (χ0n) is 17.2. The highest BCUT2D eigenvalue weighted by molar-refractivity contribution is 7.16. The number of aromatic nitrogens is 3. The number of fused-ring (bicyclic) bond motifs is 1. The van der Waals surface area contributed by atoms with Crippen LogP contribution in [0.15, 0.2) is 59.7 Å². The summed E-state index contributed by atoms with van der Waals surface area (Å²) in [6.07, 6.45) is 1.51. The Morgan fingerprint density at radius 3 is 2.61 bits per heavy atom. The average Bonchev–Trinajstić information content (AvgIpc) is 3.33. The summed E-state index contributed by atoms with van der Waals surface area (Å²) >= 11 is 1.30. The van der Waals surface area contributed by atoms with E-state index < -0.39 is 11.9 Å². The first-order valence-corrected chi connectivity index (χ1v) is 10.3. The molecule has 0 aliphatic carbocycles. The molecule has 2 aromatic heterocycles. The molecule has 0 aliphatic rings. The highest BCUT2D eigenvalue weighted by Crippen LogP contribution is 2.23. The van der Waals surface area contributed by atoms with E-state index in [0.29, 0.717) is 21.8 Å². The number of nitrogens with zero attached hydrogens (tertiary/aromatic N) is 4. The van der Waals surface area contributed by atoms with Gasteiger partial charge in [-0.25, -0.2) is 4.68 Å². The van der Waals surface area contributed by atoms with Crippen LogP contribution in [-0.4, -0.2) is 40.4 Å². The summed E-state index contributed by atoms with van der Waals surface area (Å²) in [5.74, 6) is -0.189. The number of carbonyl (C=O) groups excluding carboxylic acids is 2.